The molecule has 0 radical (unpaired) electrons. The third-order valence-corrected chi connectivity index (χ3v) is 5.34. The average molecular weight is 361 g/mol. The van der Waals surface area contributed by atoms with Crippen molar-refractivity contribution in [1.29, 1.82) is 0 Å². The van der Waals surface area contributed by atoms with Gasteiger partial charge in [0.2, 0.25) is 5.43 Å². The second kappa shape index (κ2) is 6.28. The first kappa shape index (κ1) is 16.8. The van der Waals surface area contributed by atoms with Gasteiger partial charge in [-0.3, -0.25) is 9.47 Å². The van der Waals surface area contributed by atoms with E-state index in [0.717, 1.165) is 32.0 Å². The highest BCUT2D eigenvalue weighted by Gasteiger charge is 2.35. The normalized spacial score (nSPS) is 22.5. The number of aromatic carboxylic acids is 1. The number of rotatable bonds is 3. The first-order valence-corrected chi connectivity index (χ1v) is 8.64. The zero-order chi connectivity index (χ0) is 18.4. The molecule has 7 nitrogen and oxygen atoms in total. The second-order valence-electron chi connectivity index (χ2n) is 6.86. The lowest BCUT2D eigenvalue weighted by atomic mass is 9.94. The highest BCUT2D eigenvalue weighted by atomic mass is 19.1. The van der Waals surface area contributed by atoms with Crippen LogP contribution in [0.3, 0.4) is 0 Å². The SMILES string of the molecule is COc1cc(F)cc2c(=O)c(C(=O)O)cn(N3CC4CCCNC4C3)c12. The van der Waals surface area contributed by atoms with Gasteiger partial charge in [0.15, 0.2) is 0 Å². The van der Waals surface area contributed by atoms with Crippen LogP contribution in [0.4, 0.5) is 4.39 Å². The molecule has 0 saturated carbocycles. The number of ether oxygens (including phenoxy) is 1. The largest absolute Gasteiger partial charge is 0.494 e. The van der Waals surface area contributed by atoms with Crippen molar-refractivity contribution in [2.24, 2.45) is 5.92 Å². The average Bonchev–Trinajstić information content (AvgIpc) is 3.05. The number of piperidine rings is 1. The molecule has 2 fully saturated rings. The molecule has 2 aliphatic heterocycles. The Bertz CT molecular complexity index is 928. The predicted molar refractivity (Wildman–Crippen MR) is 94.1 cm³/mol. The van der Waals surface area contributed by atoms with Gasteiger partial charge in [-0.25, -0.2) is 9.18 Å². The monoisotopic (exact) mass is 361 g/mol. The Kier molecular flexibility index (Phi) is 4.07. The minimum Gasteiger partial charge on any atom is -0.494 e. The lowest BCUT2D eigenvalue weighted by molar-refractivity contribution is 0.0695. The molecule has 2 N–H and O–H groups in total. The van der Waals surface area contributed by atoms with E-state index >= 15 is 0 Å². The number of pyridine rings is 1. The summed E-state index contributed by atoms with van der Waals surface area (Å²) < 4.78 is 20.9. The molecule has 8 heteroatoms. The molecule has 0 bridgehead atoms. The van der Waals surface area contributed by atoms with Crippen LogP contribution >= 0.6 is 0 Å². The van der Waals surface area contributed by atoms with Gasteiger partial charge in [0.05, 0.1) is 19.0 Å². The summed E-state index contributed by atoms with van der Waals surface area (Å²) in [7, 11) is 1.40. The van der Waals surface area contributed by atoms with Crippen LogP contribution in [-0.4, -0.2) is 48.5 Å². The predicted octanol–water partition coefficient (Wildman–Crippen LogP) is 1.17. The zero-order valence-electron chi connectivity index (χ0n) is 14.4. The zero-order valence-corrected chi connectivity index (χ0v) is 14.4. The number of fused-ring (bicyclic) bond motifs is 2. The summed E-state index contributed by atoms with van der Waals surface area (Å²) in [6.07, 6.45) is 3.53. The van der Waals surface area contributed by atoms with Crippen LogP contribution in [0, 0.1) is 11.7 Å². The molecule has 26 heavy (non-hydrogen) atoms. The van der Waals surface area contributed by atoms with E-state index in [1.807, 2.05) is 5.01 Å². The molecular weight excluding hydrogens is 341 g/mol. The van der Waals surface area contributed by atoms with Crippen molar-refractivity contribution in [3.8, 4) is 5.75 Å². The lowest BCUT2D eigenvalue weighted by Gasteiger charge is -2.25. The van der Waals surface area contributed by atoms with Crippen molar-refractivity contribution in [2.75, 3.05) is 31.8 Å². The Morgan fingerprint density at radius 3 is 2.88 bits per heavy atom. The van der Waals surface area contributed by atoms with E-state index in [-0.39, 0.29) is 16.7 Å². The van der Waals surface area contributed by atoms with Crippen LogP contribution in [0.25, 0.3) is 10.9 Å². The summed E-state index contributed by atoms with van der Waals surface area (Å²) in [6, 6.07) is 2.60. The number of carbonyl (C=O) groups is 1. The van der Waals surface area contributed by atoms with Crippen molar-refractivity contribution in [2.45, 2.75) is 18.9 Å². The number of nitrogens with zero attached hydrogens (tertiary/aromatic N) is 2. The Labute approximate surface area is 148 Å². The third-order valence-electron chi connectivity index (χ3n) is 5.34. The van der Waals surface area contributed by atoms with Crippen LogP contribution < -0.4 is 20.5 Å². The fourth-order valence-corrected chi connectivity index (χ4v) is 4.11. The summed E-state index contributed by atoms with van der Waals surface area (Å²) in [5.41, 5.74) is -0.702. The van der Waals surface area contributed by atoms with Crippen LogP contribution in [0.2, 0.25) is 0 Å². The molecule has 3 heterocycles. The maximum atomic E-state index is 13.9. The van der Waals surface area contributed by atoms with Crippen LogP contribution in [0.15, 0.2) is 23.1 Å². The molecule has 2 atom stereocenters. The van der Waals surface area contributed by atoms with Crippen molar-refractivity contribution in [1.82, 2.24) is 9.99 Å². The summed E-state index contributed by atoms with van der Waals surface area (Å²) in [5, 5.41) is 14.9. The van der Waals surface area contributed by atoms with Crippen LogP contribution in [0.1, 0.15) is 23.2 Å². The van der Waals surface area contributed by atoms with E-state index in [9.17, 15) is 19.1 Å². The summed E-state index contributed by atoms with van der Waals surface area (Å²) in [6.45, 7) is 2.38. The molecule has 1 aromatic heterocycles. The summed E-state index contributed by atoms with van der Waals surface area (Å²) in [4.78, 5) is 24.1. The van der Waals surface area contributed by atoms with Gasteiger partial charge in [0.1, 0.15) is 22.6 Å². The van der Waals surface area contributed by atoms with Crippen molar-refractivity contribution in [3.05, 3.63) is 39.9 Å². The van der Waals surface area contributed by atoms with Crippen molar-refractivity contribution >= 4 is 16.9 Å². The number of nitrogens with one attached hydrogen (secondary N) is 1. The van der Waals surface area contributed by atoms with Gasteiger partial charge in [-0.1, -0.05) is 0 Å². The maximum Gasteiger partial charge on any atom is 0.341 e. The smallest absolute Gasteiger partial charge is 0.341 e. The number of hydrogen-bond acceptors (Lipinski definition) is 5. The van der Waals surface area contributed by atoms with Crippen molar-refractivity contribution < 1.29 is 19.0 Å². The highest BCUT2D eigenvalue weighted by Crippen LogP contribution is 2.29. The molecule has 2 saturated heterocycles. The second-order valence-corrected chi connectivity index (χ2v) is 6.86. The standard InChI is InChI=1S/C18H20FN3O4/c1-26-15-6-11(19)5-12-16(15)22(8-13(17(12)23)18(24)25)21-7-10-3-2-4-20-14(10)9-21/h5-6,8,10,14,20H,2-4,7,9H2,1H3,(H,24,25). The molecule has 138 valence electrons. The summed E-state index contributed by atoms with van der Waals surface area (Å²) in [5.74, 6) is -1.31. The Morgan fingerprint density at radius 1 is 1.38 bits per heavy atom. The highest BCUT2D eigenvalue weighted by molar-refractivity contribution is 5.94. The van der Waals surface area contributed by atoms with Gasteiger partial charge in [-0.05, 0) is 31.4 Å². The van der Waals surface area contributed by atoms with Gasteiger partial charge < -0.3 is 20.2 Å². The van der Waals surface area contributed by atoms with Crippen molar-refractivity contribution in [3.63, 3.8) is 0 Å². The Morgan fingerprint density at radius 2 is 2.19 bits per heavy atom. The van der Waals surface area contributed by atoms with Gasteiger partial charge >= 0.3 is 5.97 Å². The molecule has 4 rings (SSSR count). The summed E-state index contributed by atoms with van der Waals surface area (Å²) >= 11 is 0. The molecule has 2 unspecified atom stereocenters. The molecule has 0 aliphatic carbocycles. The fourth-order valence-electron chi connectivity index (χ4n) is 4.11. The minimum absolute atomic E-state index is 0.00424. The van der Waals surface area contributed by atoms with Gasteiger partial charge in [0.25, 0.3) is 0 Å². The first-order valence-electron chi connectivity index (χ1n) is 8.64. The topological polar surface area (TPSA) is 83.8 Å². The van der Waals surface area contributed by atoms with E-state index < -0.39 is 17.2 Å². The van der Waals surface area contributed by atoms with Crippen LogP contribution in [-0.2, 0) is 0 Å². The quantitative estimate of drug-likeness (QED) is 0.854. The number of hydrogen-bond donors (Lipinski definition) is 2. The van der Waals surface area contributed by atoms with E-state index in [2.05, 4.69) is 5.32 Å². The van der Waals surface area contributed by atoms with Gasteiger partial charge in [0, 0.05) is 24.8 Å². The van der Waals surface area contributed by atoms with Gasteiger partial charge in [-0.15, -0.1) is 0 Å². The molecule has 1 aromatic carbocycles. The molecular formula is C18H20FN3O4. The van der Waals surface area contributed by atoms with E-state index in [1.165, 1.54) is 19.4 Å². The Balaban J connectivity index is 1.94. The Hall–Kier alpha value is -2.61. The fraction of sp³-hybridized carbons (Fsp3) is 0.444. The maximum absolute atomic E-state index is 13.9. The first-order chi connectivity index (χ1) is 12.5. The molecule has 2 aliphatic rings. The third kappa shape index (κ3) is 2.61. The molecule has 0 amide bonds. The number of carboxylic acid groups (broad SMARTS) is 1. The number of methoxy groups -OCH3 is 1. The lowest BCUT2D eigenvalue weighted by Crippen LogP contribution is -2.41. The van der Waals surface area contributed by atoms with Crippen LogP contribution in [0.5, 0.6) is 5.75 Å². The minimum atomic E-state index is -1.33. The molecule has 2 aromatic rings. The molecule has 0 spiro atoms. The van der Waals surface area contributed by atoms with E-state index in [4.69, 9.17) is 4.74 Å². The van der Waals surface area contributed by atoms with Gasteiger partial charge in [-0.2, -0.15) is 0 Å². The van der Waals surface area contributed by atoms with E-state index in [1.54, 1.807) is 4.68 Å². The number of aromatic nitrogens is 1. The van der Waals surface area contributed by atoms with E-state index in [0.29, 0.717) is 24.0 Å². The number of carboxylic acids is 1. The number of benzene rings is 1. The number of halogens is 1.